The summed E-state index contributed by atoms with van der Waals surface area (Å²) in [5.74, 6) is -1.07. The van der Waals surface area contributed by atoms with Crippen LogP contribution in [0.1, 0.15) is 67.7 Å². The van der Waals surface area contributed by atoms with E-state index in [1.807, 2.05) is 6.92 Å². The Labute approximate surface area is 165 Å². The molecule has 0 aliphatic carbocycles. The molecule has 0 radical (unpaired) electrons. The lowest BCUT2D eigenvalue weighted by atomic mass is 9.89. The van der Waals surface area contributed by atoms with E-state index in [-0.39, 0.29) is 17.9 Å². The molecule has 0 heterocycles. The minimum atomic E-state index is -1.89. The maximum Gasteiger partial charge on any atom is 0.408 e. The lowest BCUT2D eigenvalue weighted by molar-refractivity contribution is -0.145. The summed E-state index contributed by atoms with van der Waals surface area (Å²) in [6.45, 7) is 18.3. The van der Waals surface area contributed by atoms with E-state index in [9.17, 15) is 14.7 Å². The van der Waals surface area contributed by atoms with Crippen LogP contribution in [-0.2, 0) is 14.0 Å². The number of hydrogen-bond acceptors (Lipinski definition) is 4. The van der Waals surface area contributed by atoms with Gasteiger partial charge < -0.3 is 19.6 Å². The van der Waals surface area contributed by atoms with Crippen molar-refractivity contribution in [2.75, 3.05) is 6.61 Å². The van der Waals surface area contributed by atoms with Crippen LogP contribution in [0.25, 0.3) is 0 Å². The molecule has 0 bridgehead atoms. The Kier molecular flexibility index (Phi) is 9.25. The Bertz CT molecular complexity index is 531. The lowest BCUT2D eigenvalue weighted by Gasteiger charge is -2.36. The Hall–Kier alpha value is -1.34. The number of aliphatic carboxylic acids is 1. The SMILES string of the molecule is C/C=C/CC(CCCO[Si](C)(C)C(C)(C)C)(NC(=O)OC(C)(C)C)C(=O)O. The molecule has 158 valence electrons. The van der Waals surface area contributed by atoms with E-state index in [1.165, 1.54) is 0 Å². The summed E-state index contributed by atoms with van der Waals surface area (Å²) in [5.41, 5.74) is -2.11. The Balaban J connectivity index is 5.15. The van der Waals surface area contributed by atoms with Gasteiger partial charge in [-0.3, -0.25) is 0 Å². The van der Waals surface area contributed by atoms with Crippen molar-refractivity contribution < 1.29 is 23.9 Å². The highest BCUT2D eigenvalue weighted by atomic mass is 28.4. The molecule has 0 spiro atoms. The highest BCUT2D eigenvalue weighted by molar-refractivity contribution is 6.74. The molecule has 0 aliphatic heterocycles. The highest BCUT2D eigenvalue weighted by Gasteiger charge is 2.41. The van der Waals surface area contributed by atoms with Gasteiger partial charge in [-0.2, -0.15) is 0 Å². The van der Waals surface area contributed by atoms with Crippen molar-refractivity contribution in [3.05, 3.63) is 12.2 Å². The molecule has 2 N–H and O–H groups in total. The largest absolute Gasteiger partial charge is 0.479 e. The number of ether oxygens (including phenoxy) is 1. The number of rotatable bonds is 9. The van der Waals surface area contributed by atoms with E-state index >= 15 is 0 Å². The first-order chi connectivity index (χ1) is 12.1. The van der Waals surface area contributed by atoms with Crippen LogP contribution in [-0.4, -0.2) is 43.2 Å². The monoisotopic (exact) mass is 401 g/mol. The molecular formula is C20H39NO5Si. The minimum Gasteiger partial charge on any atom is -0.479 e. The first-order valence-electron chi connectivity index (χ1n) is 9.56. The van der Waals surface area contributed by atoms with Crippen molar-refractivity contribution in [1.29, 1.82) is 0 Å². The number of carboxylic acid groups (broad SMARTS) is 1. The summed E-state index contributed by atoms with van der Waals surface area (Å²) < 4.78 is 11.4. The van der Waals surface area contributed by atoms with Crippen LogP contribution in [0.4, 0.5) is 4.79 Å². The van der Waals surface area contributed by atoms with Crippen LogP contribution >= 0.6 is 0 Å². The number of allylic oxidation sites excluding steroid dienone is 1. The van der Waals surface area contributed by atoms with Crippen LogP contribution in [0.5, 0.6) is 0 Å². The quantitative estimate of drug-likeness (QED) is 0.319. The Morgan fingerprint density at radius 1 is 1.11 bits per heavy atom. The molecule has 6 nitrogen and oxygen atoms in total. The van der Waals surface area contributed by atoms with Crippen LogP contribution < -0.4 is 5.32 Å². The van der Waals surface area contributed by atoms with Crippen molar-refractivity contribution >= 4 is 20.4 Å². The zero-order valence-electron chi connectivity index (χ0n) is 18.6. The molecule has 0 saturated heterocycles. The Morgan fingerprint density at radius 2 is 1.67 bits per heavy atom. The molecule has 0 rings (SSSR count). The van der Waals surface area contributed by atoms with Gasteiger partial charge in [-0.05, 0) is 65.1 Å². The van der Waals surface area contributed by atoms with Crippen molar-refractivity contribution in [3.63, 3.8) is 0 Å². The maximum atomic E-state index is 12.2. The summed E-state index contributed by atoms with van der Waals surface area (Å²) >= 11 is 0. The fourth-order valence-electron chi connectivity index (χ4n) is 2.20. The molecule has 1 atom stereocenters. The summed E-state index contributed by atoms with van der Waals surface area (Å²) in [5, 5.41) is 12.5. The zero-order valence-corrected chi connectivity index (χ0v) is 19.6. The number of hydrogen-bond donors (Lipinski definition) is 2. The predicted octanol–water partition coefficient (Wildman–Crippen LogP) is 5.10. The van der Waals surface area contributed by atoms with Crippen LogP contribution in [0.15, 0.2) is 12.2 Å². The second-order valence-electron chi connectivity index (χ2n) is 9.50. The number of carboxylic acids is 1. The lowest BCUT2D eigenvalue weighted by Crippen LogP contribution is -2.55. The molecule has 0 aromatic rings. The molecule has 0 aliphatic rings. The molecule has 27 heavy (non-hydrogen) atoms. The van der Waals surface area contributed by atoms with Gasteiger partial charge in [0.1, 0.15) is 11.1 Å². The molecule has 1 unspecified atom stereocenters. The zero-order chi connectivity index (χ0) is 21.5. The third-order valence-electron chi connectivity index (χ3n) is 4.87. The van der Waals surface area contributed by atoms with E-state index in [1.54, 1.807) is 32.9 Å². The molecular weight excluding hydrogens is 362 g/mol. The number of carbonyl (C=O) groups is 2. The van der Waals surface area contributed by atoms with Gasteiger partial charge >= 0.3 is 12.1 Å². The number of alkyl carbamates (subject to hydrolysis) is 1. The molecule has 0 aromatic heterocycles. The molecule has 0 aromatic carbocycles. The summed E-state index contributed by atoms with van der Waals surface area (Å²) in [7, 11) is -1.89. The van der Waals surface area contributed by atoms with Crippen LogP contribution in [0.3, 0.4) is 0 Å². The van der Waals surface area contributed by atoms with Gasteiger partial charge in [0.15, 0.2) is 8.32 Å². The molecule has 0 saturated carbocycles. The first-order valence-corrected chi connectivity index (χ1v) is 12.5. The molecule has 1 amide bonds. The van der Waals surface area contributed by atoms with Crippen molar-refractivity contribution in [2.45, 2.75) is 97.0 Å². The van der Waals surface area contributed by atoms with Gasteiger partial charge in [-0.25, -0.2) is 9.59 Å². The van der Waals surface area contributed by atoms with Gasteiger partial charge in [0.25, 0.3) is 0 Å². The predicted molar refractivity (Wildman–Crippen MR) is 112 cm³/mol. The van der Waals surface area contributed by atoms with Gasteiger partial charge in [-0.15, -0.1) is 0 Å². The van der Waals surface area contributed by atoms with E-state index < -0.39 is 31.5 Å². The maximum absolute atomic E-state index is 12.2. The van der Waals surface area contributed by atoms with Crippen LogP contribution in [0.2, 0.25) is 18.1 Å². The summed E-state index contributed by atoms with van der Waals surface area (Å²) in [4.78, 5) is 24.3. The second kappa shape index (κ2) is 9.73. The third-order valence-corrected chi connectivity index (χ3v) is 9.41. The number of amides is 1. The van der Waals surface area contributed by atoms with Crippen molar-refractivity contribution in [2.24, 2.45) is 0 Å². The fraction of sp³-hybridized carbons (Fsp3) is 0.800. The van der Waals surface area contributed by atoms with E-state index in [2.05, 4.69) is 39.2 Å². The van der Waals surface area contributed by atoms with Gasteiger partial charge in [0.05, 0.1) is 0 Å². The Morgan fingerprint density at radius 3 is 2.07 bits per heavy atom. The topological polar surface area (TPSA) is 84.9 Å². The molecule has 7 heteroatoms. The fourth-order valence-corrected chi connectivity index (χ4v) is 3.29. The number of carbonyl (C=O) groups excluding carboxylic acids is 1. The second-order valence-corrected chi connectivity index (χ2v) is 14.3. The van der Waals surface area contributed by atoms with Gasteiger partial charge in [0.2, 0.25) is 0 Å². The van der Waals surface area contributed by atoms with Crippen molar-refractivity contribution in [1.82, 2.24) is 5.32 Å². The first kappa shape index (κ1) is 25.7. The summed E-state index contributed by atoms with van der Waals surface area (Å²) in [6.07, 6.45) is 3.80. The molecule has 0 fully saturated rings. The van der Waals surface area contributed by atoms with E-state index in [4.69, 9.17) is 9.16 Å². The van der Waals surface area contributed by atoms with Gasteiger partial charge in [-0.1, -0.05) is 32.9 Å². The minimum absolute atomic E-state index is 0.0938. The standard InChI is InChI=1S/C20H39NO5Si/c1-10-11-13-20(16(22)23,21-17(24)26-18(2,3)4)14-12-15-25-27(8,9)19(5,6)7/h10-11H,12-15H2,1-9H3,(H,21,24)(H,22,23)/b11-10+. The van der Waals surface area contributed by atoms with Gasteiger partial charge in [0, 0.05) is 6.61 Å². The van der Waals surface area contributed by atoms with E-state index in [0.717, 1.165) is 0 Å². The average molecular weight is 402 g/mol. The summed E-state index contributed by atoms with van der Waals surface area (Å²) in [6, 6.07) is 0. The number of nitrogens with one attached hydrogen (secondary N) is 1. The highest BCUT2D eigenvalue weighted by Crippen LogP contribution is 2.36. The third kappa shape index (κ3) is 8.93. The average Bonchev–Trinajstić information content (AvgIpc) is 2.45. The van der Waals surface area contributed by atoms with E-state index in [0.29, 0.717) is 13.0 Å². The smallest absolute Gasteiger partial charge is 0.408 e. The van der Waals surface area contributed by atoms with Crippen molar-refractivity contribution in [3.8, 4) is 0 Å². The van der Waals surface area contributed by atoms with Crippen LogP contribution in [0, 0.1) is 0 Å². The normalized spacial score (nSPS) is 15.4.